The average Bonchev–Trinajstić information content (AvgIpc) is 2.30. The van der Waals surface area contributed by atoms with Crippen molar-refractivity contribution in [1.29, 1.82) is 0 Å². The molecule has 0 aromatic heterocycles. The van der Waals surface area contributed by atoms with Gasteiger partial charge >= 0.3 is 0 Å². The third-order valence-corrected chi connectivity index (χ3v) is 4.63. The molecule has 1 fully saturated rings. The Hall–Kier alpha value is -0.0800. The van der Waals surface area contributed by atoms with Crippen molar-refractivity contribution in [2.45, 2.75) is 52.9 Å². The number of halogens is 1. The quantitative estimate of drug-likeness (QED) is 0.675. The predicted octanol–water partition coefficient (Wildman–Crippen LogP) is 4.01. The van der Waals surface area contributed by atoms with E-state index in [0.717, 1.165) is 12.8 Å². The van der Waals surface area contributed by atoms with Gasteiger partial charge in [-0.3, -0.25) is 4.79 Å². The summed E-state index contributed by atoms with van der Waals surface area (Å²) in [5.74, 6) is 0.634. The normalized spacial score (nSPS) is 21.5. The fourth-order valence-corrected chi connectivity index (χ4v) is 3.52. The van der Waals surface area contributed by atoms with E-state index < -0.39 is 5.41 Å². The first-order valence-corrected chi connectivity index (χ1v) is 7.21. The highest BCUT2D eigenvalue weighted by Crippen LogP contribution is 2.45. The largest absolute Gasteiger partial charge is 0.381 e. The molecule has 0 saturated heterocycles. The molecule has 0 spiro atoms. The summed E-state index contributed by atoms with van der Waals surface area (Å²) >= 11 is 5.95. The van der Waals surface area contributed by atoms with Crippen molar-refractivity contribution in [1.82, 2.24) is 0 Å². The maximum atomic E-state index is 12.0. The van der Waals surface area contributed by atoms with Crippen LogP contribution in [-0.4, -0.2) is 18.5 Å². The average molecular weight is 261 g/mol. The van der Waals surface area contributed by atoms with Crippen LogP contribution in [0.25, 0.3) is 0 Å². The molecule has 1 aliphatic carbocycles. The van der Waals surface area contributed by atoms with Gasteiger partial charge in [-0.05, 0) is 43.2 Å². The Morgan fingerprint density at radius 1 is 1.35 bits per heavy atom. The van der Waals surface area contributed by atoms with Crippen LogP contribution in [0.5, 0.6) is 0 Å². The fraction of sp³-hybridized carbons (Fsp3) is 0.929. The molecular formula is C14H25ClO2. The minimum absolute atomic E-state index is 0.201. The third kappa shape index (κ3) is 3.23. The zero-order valence-electron chi connectivity index (χ0n) is 11.3. The van der Waals surface area contributed by atoms with E-state index in [1.165, 1.54) is 19.3 Å². The Morgan fingerprint density at radius 2 is 1.94 bits per heavy atom. The van der Waals surface area contributed by atoms with E-state index in [-0.39, 0.29) is 11.2 Å². The first-order chi connectivity index (χ1) is 8.05. The van der Waals surface area contributed by atoms with Gasteiger partial charge in [0.1, 0.15) is 0 Å². The van der Waals surface area contributed by atoms with Gasteiger partial charge in [0, 0.05) is 6.61 Å². The van der Waals surface area contributed by atoms with Gasteiger partial charge in [0.2, 0.25) is 5.24 Å². The summed E-state index contributed by atoms with van der Waals surface area (Å²) in [5, 5.41) is -0.201. The summed E-state index contributed by atoms with van der Waals surface area (Å²) in [4.78, 5) is 12.0. The Kier molecular flexibility index (Phi) is 5.94. The molecule has 0 N–H and O–H groups in total. The van der Waals surface area contributed by atoms with E-state index in [9.17, 15) is 4.79 Å². The Labute approximate surface area is 110 Å². The van der Waals surface area contributed by atoms with E-state index in [2.05, 4.69) is 13.8 Å². The number of carbonyl (C=O) groups is 1. The highest BCUT2D eigenvalue weighted by molar-refractivity contribution is 6.64. The molecule has 0 radical (unpaired) electrons. The molecule has 0 heterocycles. The van der Waals surface area contributed by atoms with Crippen molar-refractivity contribution in [3.63, 3.8) is 0 Å². The van der Waals surface area contributed by atoms with E-state index in [1.54, 1.807) is 0 Å². The minimum atomic E-state index is -0.474. The first-order valence-electron chi connectivity index (χ1n) is 6.83. The topological polar surface area (TPSA) is 26.3 Å². The molecule has 17 heavy (non-hydrogen) atoms. The van der Waals surface area contributed by atoms with Gasteiger partial charge in [0.25, 0.3) is 0 Å². The van der Waals surface area contributed by atoms with Crippen LogP contribution < -0.4 is 0 Å². The number of rotatable bonds is 6. The highest BCUT2D eigenvalue weighted by Gasteiger charge is 2.47. The molecule has 1 atom stereocenters. The van der Waals surface area contributed by atoms with E-state index in [4.69, 9.17) is 16.3 Å². The molecule has 3 heteroatoms. The zero-order valence-corrected chi connectivity index (χ0v) is 12.1. The van der Waals surface area contributed by atoms with E-state index in [1.807, 2.05) is 6.92 Å². The number of carbonyl (C=O) groups excluding carboxylic acids is 1. The van der Waals surface area contributed by atoms with Crippen LogP contribution in [0.2, 0.25) is 0 Å². The maximum absolute atomic E-state index is 12.0. The van der Waals surface area contributed by atoms with Crippen molar-refractivity contribution in [3.8, 4) is 0 Å². The molecule has 1 unspecified atom stereocenters. The van der Waals surface area contributed by atoms with Gasteiger partial charge < -0.3 is 4.74 Å². The molecule has 0 bridgehead atoms. The third-order valence-electron chi connectivity index (χ3n) is 4.27. The zero-order chi connectivity index (χ0) is 12.9. The lowest BCUT2D eigenvalue weighted by molar-refractivity contribution is -0.134. The van der Waals surface area contributed by atoms with Crippen molar-refractivity contribution < 1.29 is 9.53 Å². The van der Waals surface area contributed by atoms with Gasteiger partial charge in [-0.1, -0.05) is 33.1 Å². The molecule has 1 aliphatic rings. The highest BCUT2D eigenvalue weighted by atomic mass is 35.5. The van der Waals surface area contributed by atoms with Crippen LogP contribution in [0.4, 0.5) is 0 Å². The maximum Gasteiger partial charge on any atom is 0.230 e. The summed E-state index contributed by atoms with van der Waals surface area (Å²) in [5.41, 5.74) is -0.474. The van der Waals surface area contributed by atoms with Crippen molar-refractivity contribution in [2.75, 3.05) is 13.2 Å². The van der Waals surface area contributed by atoms with Crippen LogP contribution >= 0.6 is 11.6 Å². The molecule has 2 nitrogen and oxygen atoms in total. The lowest BCUT2D eigenvalue weighted by Gasteiger charge is -2.42. The van der Waals surface area contributed by atoms with Crippen LogP contribution in [0.3, 0.4) is 0 Å². The molecule has 0 aliphatic heterocycles. The number of hydrogen-bond acceptors (Lipinski definition) is 2. The number of ether oxygens (including phenoxy) is 1. The minimum Gasteiger partial charge on any atom is -0.381 e. The molecule has 0 aromatic rings. The molecule has 1 saturated carbocycles. The van der Waals surface area contributed by atoms with Gasteiger partial charge in [0.15, 0.2) is 0 Å². The second-order valence-electron chi connectivity index (χ2n) is 5.44. The second kappa shape index (κ2) is 6.75. The Morgan fingerprint density at radius 3 is 2.35 bits per heavy atom. The Balaban J connectivity index is 2.91. The van der Waals surface area contributed by atoms with E-state index in [0.29, 0.717) is 19.1 Å². The lowest BCUT2D eigenvalue weighted by Crippen LogP contribution is -2.46. The summed E-state index contributed by atoms with van der Waals surface area (Å²) in [6, 6.07) is 0. The molecule has 0 amide bonds. The smallest absolute Gasteiger partial charge is 0.230 e. The van der Waals surface area contributed by atoms with Gasteiger partial charge in [-0.15, -0.1) is 0 Å². The predicted molar refractivity (Wildman–Crippen MR) is 71.2 cm³/mol. The second-order valence-corrected chi connectivity index (χ2v) is 5.78. The van der Waals surface area contributed by atoms with E-state index >= 15 is 0 Å². The summed E-state index contributed by atoms with van der Waals surface area (Å²) in [6.45, 7) is 7.27. The van der Waals surface area contributed by atoms with Gasteiger partial charge in [-0.25, -0.2) is 0 Å². The van der Waals surface area contributed by atoms with Crippen LogP contribution in [-0.2, 0) is 9.53 Å². The Bertz CT molecular complexity index is 247. The summed E-state index contributed by atoms with van der Waals surface area (Å²) in [7, 11) is 0. The number of hydrogen-bond donors (Lipinski definition) is 0. The first kappa shape index (κ1) is 15.0. The van der Waals surface area contributed by atoms with Crippen LogP contribution in [0, 0.1) is 17.3 Å². The van der Waals surface area contributed by atoms with Crippen molar-refractivity contribution >= 4 is 16.8 Å². The van der Waals surface area contributed by atoms with Crippen molar-refractivity contribution in [3.05, 3.63) is 0 Å². The molecule has 0 aromatic carbocycles. The van der Waals surface area contributed by atoms with Crippen LogP contribution in [0.15, 0.2) is 0 Å². The molecular weight excluding hydrogens is 236 g/mol. The van der Waals surface area contributed by atoms with Gasteiger partial charge in [-0.2, -0.15) is 0 Å². The standard InChI is InChI=1S/C14H25ClO2/c1-4-17-10-14(11(2)3,13(15)16)12-8-6-5-7-9-12/h11-12H,4-10H2,1-3H3. The van der Waals surface area contributed by atoms with Crippen molar-refractivity contribution in [2.24, 2.45) is 17.3 Å². The monoisotopic (exact) mass is 260 g/mol. The SMILES string of the molecule is CCOCC(C(=O)Cl)(C(C)C)C1CCCCC1. The summed E-state index contributed by atoms with van der Waals surface area (Å²) in [6.07, 6.45) is 5.95. The summed E-state index contributed by atoms with van der Waals surface area (Å²) < 4.78 is 5.57. The fourth-order valence-electron chi connectivity index (χ4n) is 3.09. The van der Waals surface area contributed by atoms with Gasteiger partial charge in [0.05, 0.1) is 12.0 Å². The van der Waals surface area contributed by atoms with Crippen LogP contribution in [0.1, 0.15) is 52.9 Å². The molecule has 100 valence electrons. The lowest BCUT2D eigenvalue weighted by atomic mass is 9.64. The molecule has 1 rings (SSSR count).